The molecule has 2 aliphatic heterocycles. The summed E-state index contributed by atoms with van der Waals surface area (Å²) < 4.78 is 0. The van der Waals surface area contributed by atoms with Crippen molar-refractivity contribution < 1.29 is 9.90 Å². The third kappa shape index (κ3) is 0.788. The van der Waals surface area contributed by atoms with Gasteiger partial charge < -0.3 is 5.11 Å². The Labute approximate surface area is 69.1 Å². The predicted octanol–water partition coefficient (Wildman–Crippen LogP) is 1.43. The number of aliphatic hydroxyl groups excluding tert-OH is 1. The Kier molecular flexibility index (Phi) is 1.39. The van der Waals surface area contributed by atoms with E-state index in [0.717, 1.165) is 11.3 Å². The van der Waals surface area contributed by atoms with E-state index in [0.29, 0.717) is 6.42 Å². The quantitative estimate of drug-likeness (QED) is 0.607. The van der Waals surface area contributed by atoms with Crippen molar-refractivity contribution in [1.82, 2.24) is 4.90 Å². The standard InChI is InChI=1S/C7H9NO2S/c1-2-4-7(10)8-5(9)3-6(8)11-4/h6,10H,2-3H2,1H3/t6-/m1/s1. The van der Waals surface area contributed by atoms with Gasteiger partial charge in [-0.05, 0) is 6.42 Å². The summed E-state index contributed by atoms with van der Waals surface area (Å²) in [7, 11) is 0. The van der Waals surface area contributed by atoms with Crippen molar-refractivity contribution in [2.24, 2.45) is 0 Å². The summed E-state index contributed by atoms with van der Waals surface area (Å²) in [5.41, 5.74) is 0. The van der Waals surface area contributed by atoms with E-state index in [1.165, 1.54) is 4.90 Å². The second-order valence-corrected chi connectivity index (χ2v) is 3.91. The molecule has 60 valence electrons. The molecule has 0 saturated carbocycles. The number of hydrogen-bond acceptors (Lipinski definition) is 3. The van der Waals surface area contributed by atoms with E-state index in [-0.39, 0.29) is 17.2 Å². The van der Waals surface area contributed by atoms with Crippen molar-refractivity contribution in [1.29, 1.82) is 0 Å². The molecule has 2 heterocycles. The first kappa shape index (κ1) is 7.03. The summed E-state index contributed by atoms with van der Waals surface area (Å²) in [6, 6.07) is 0. The van der Waals surface area contributed by atoms with Crippen LogP contribution in [0.3, 0.4) is 0 Å². The summed E-state index contributed by atoms with van der Waals surface area (Å²) >= 11 is 1.61. The second kappa shape index (κ2) is 2.17. The first-order valence-electron chi connectivity index (χ1n) is 3.65. The number of carbonyl (C=O) groups is 1. The lowest BCUT2D eigenvalue weighted by molar-refractivity contribution is -0.140. The Balaban J connectivity index is 2.24. The minimum Gasteiger partial charge on any atom is -0.494 e. The molecule has 2 aliphatic rings. The highest BCUT2D eigenvalue weighted by Crippen LogP contribution is 2.45. The Hall–Kier alpha value is -0.640. The fourth-order valence-corrected chi connectivity index (χ4v) is 2.58. The van der Waals surface area contributed by atoms with Gasteiger partial charge in [0.2, 0.25) is 11.8 Å². The van der Waals surface area contributed by atoms with Crippen LogP contribution in [0.4, 0.5) is 0 Å². The highest BCUT2D eigenvalue weighted by molar-refractivity contribution is 8.04. The molecule has 0 unspecified atom stereocenters. The van der Waals surface area contributed by atoms with Crippen molar-refractivity contribution in [3.63, 3.8) is 0 Å². The van der Waals surface area contributed by atoms with Gasteiger partial charge in [0.25, 0.3) is 0 Å². The van der Waals surface area contributed by atoms with E-state index >= 15 is 0 Å². The van der Waals surface area contributed by atoms with E-state index in [4.69, 9.17) is 0 Å². The van der Waals surface area contributed by atoms with Crippen molar-refractivity contribution in [3.8, 4) is 0 Å². The third-order valence-corrected chi connectivity index (χ3v) is 3.39. The largest absolute Gasteiger partial charge is 0.494 e. The molecule has 0 aromatic rings. The zero-order valence-electron chi connectivity index (χ0n) is 6.20. The molecule has 0 radical (unpaired) electrons. The molecular weight excluding hydrogens is 162 g/mol. The average Bonchev–Trinajstić information content (AvgIpc) is 2.20. The van der Waals surface area contributed by atoms with E-state index in [9.17, 15) is 9.90 Å². The fraction of sp³-hybridized carbons (Fsp3) is 0.571. The lowest BCUT2D eigenvalue weighted by atomic mass is 10.2. The van der Waals surface area contributed by atoms with E-state index in [1.807, 2.05) is 6.92 Å². The van der Waals surface area contributed by atoms with Crippen LogP contribution < -0.4 is 0 Å². The van der Waals surface area contributed by atoms with Gasteiger partial charge in [0.05, 0.1) is 11.8 Å². The third-order valence-electron chi connectivity index (χ3n) is 1.98. The fourth-order valence-electron chi connectivity index (χ4n) is 1.33. The van der Waals surface area contributed by atoms with Crippen molar-refractivity contribution in [2.75, 3.05) is 0 Å². The van der Waals surface area contributed by atoms with E-state index in [1.54, 1.807) is 11.8 Å². The Bertz CT molecular complexity index is 249. The zero-order chi connectivity index (χ0) is 8.01. The van der Waals surface area contributed by atoms with Gasteiger partial charge >= 0.3 is 0 Å². The molecule has 2 rings (SSSR count). The number of nitrogens with zero attached hydrogens (tertiary/aromatic N) is 1. The maximum absolute atomic E-state index is 10.9. The first-order valence-corrected chi connectivity index (χ1v) is 4.53. The van der Waals surface area contributed by atoms with E-state index < -0.39 is 0 Å². The normalized spacial score (nSPS) is 29.0. The molecule has 0 aromatic heterocycles. The minimum atomic E-state index is 0.0449. The van der Waals surface area contributed by atoms with Crippen LogP contribution in [0.25, 0.3) is 0 Å². The van der Waals surface area contributed by atoms with Gasteiger partial charge in [0, 0.05) is 4.91 Å². The lowest BCUT2D eigenvalue weighted by Gasteiger charge is -2.32. The number of allylic oxidation sites excluding steroid dienone is 1. The average molecular weight is 171 g/mol. The Morgan fingerprint density at radius 3 is 3.00 bits per heavy atom. The van der Waals surface area contributed by atoms with Crippen LogP contribution in [-0.2, 0) is 4.79 Å². The molecule has 0 aliphatic carbocycles. The molecule has 0 bridgehead atoms. The number of amides is 1. The van der Waals surface area contributed by atoms with Crippen molar-refractivity contribution >= 4 is 17.7 Å². The van der Waals surface area contributed by atoms with Crippen molar-refractivity contribution in [3.05, 3.63) is 10.8 Å². The van der Waals surface area contributed by atoms with Crippen LogP contribution in [0.5, 0.6) is 0 Å². The summed E-state index contributed by atoms with van der Waals surface area (Å²) in [5.74, 6) is 0.238. The highest BCUT2D eigenvalue weighted by atomic mass is 32.2. The number of aliphatic hydroxyl groups is 1. The van der Waals surface area contributed by atoms with Crippen LogP contribution in [0.2, 0.25) is 0 Å². The predicted molar refractivity (Wildman–Crippen MR) is 42.8 cm³/mol. The molecule has 1 amide bonds. The van der Waals surface area contributed by atoms with Gasteiger partial charge in [0.15, 0.2) is 0 Å². The number of β-lactam (4-membered cyclic amide) rings is 1. The second-order valence-electron chi connectivity index (χ2n) is 2.64. The molecule has 1 saturated heterocycles. The lowest BCUT2D eigenvalue weighted by Crippen LogP contribution is -2.46. The van der Waals surface area contributed by atoms with Crippen LogP contribution in [-0.4, -0.2) is 21.3 Å². The molecule has 0 aromatic carbocycles. The smallest absolute Gasteiger partial charge is 0.233 e. The number of thioether (sulfide) groups is 1. The van der Waals surface area contributed by atoms with Crippen molar-refractivity contribution in [2.45, 2.75) is 25.1 Å². The number of fused-ring (bicyclic) bond motifs is 1. The molecule has 1 atom stereocenters. The summed E-state index contributed by atoms with van der Waals surface area (Å²) in [5, 5.41) is 9.62. The van der Waals surface area contributed by atoms with Gasteiger partial charge in [-0.25, -0.2) is 0 Å². The van der Waals surface area contributed by atoms with Gasteiger partial charge in [-0.2, -0.15) is 0 Å². The molecule has 1 N–H and O–H groups in total. The van der Waals surface area contributed by atoms with Crippen LogP contribution in [0.15, 0.2) is 10.8 Å². The van der Waals surface area contributed by atoms with E-state index in [2.05, 4.69) is 0 Å². The molecule has 4 heteroatoms. The van der Waals surface area contributed by atoms with Gasteiger partial charge in [0.1, 0.15) is 0 Å². The zero-order valence-corrected chi connectivity index (χ0v) is 7.02. The summed E-state index contributed by atoms with van der Waals surface area (Å²) in [4.78, 5) is 13.3. The molecule has 11 heavy (non-hydrogen) atoms. The maximum Gasteiger partial charge on any atom is 0.233 e. The summed E-state index contributed by atoms with van der Waals surface area (Å²) in [6.45, 7) is 1.98. The number of hydrogen-bond donors (Lipinski definition) is 1. The van der Waals surface area contributed by atoms with Gasteiger partial charge in [-0.3, -0.25) is 9.69 Å². The molecular formula is C7H9NO2S. The van der Waals surface area contributed by atoms with Crippen LogP contribution in [0, 0.1) is 0 Å². The molecule has 0 spiro atoms. The van der Waals surface area contributed by atoms with Crippen LogP contribution in [0.1, 0.15) is 19.8 Å². The molecule has 1 fully saturated rings. The highest BCUT2D eigenvalue weighted by Gasteiger charge is 2.45. The number of rotatable bonds is 1. The monoisotopic (exact) mass is 171 g/mol. The topological polar surface area (TPSA) is 40.5 Å². The maximum atomic E-state index is 10.9. The minimum absolute atomic E-state index is 0.0449. The first-order chi connectivity index (χ1) is 5.24. The summed E-state index contributed by atoms with van der Waals surface area (Å²) in [6.07, 6.45) is 1.40. The molecule has 3 nitrogen and oxygen atoms in total. The van der Waals surface area contributed by atoms with Crippen LogP contribution >= 0.6 is 11.8 Å². The van der Waals surface area contributed by atoms with Gasteiger partial charge in [-0.15, -0.1) is 0 Å². The van der Waals surface area contributed by atoms with Gasteiger partial charge in [-0.1, -0.05) is 18.7 Å². The number of carbonyl (C=O) groups excluding carboxylic acids is 1. The Morgan fingerprint density at radius 1 is 1.82 bits per heavy atom. The Morgan fingerprint density at radius 2 is 2.55 bits per heavy atom. The SMILES string of the molecule is CCC1=C(O)N2C(=O)C[C@H]2S1.